The van der Waals surface area contributed by atoms with Gasteiger partial charge in [-0.05, 0) is 44.3 Å². The number of aliphatic hydroxyl groups excluding tert-OH is 2. The maximum absolute atomic E-state index is 12.4. The van der Waals surface area contributed by atoms with Crippen LogP contribution in [0.25, 0.3) is 0 Å². The summed E-state index contributed by atoms with van der Waals surface area (Å²) in [7, 11) is 1.30. The summed E-state index contributed by atoms with van der Waals surface area (Å²) in [6.07, 6.45) is 5.21. The summed E-state index contributed by atoms with van der Waals surface area (Å²) in [5, 5.41) is 26.5. The quantitative estimate of drug-likeness (QED) is 0.202. The number of methoxy groups -OCH3 is 1. The Morgan fingerprint density at radius 2 is 1.68 bits per heavy atom. The summed E-state index contributed by atoms with van der Waals surface area (Å²) in [5.41, 5.74) is 1.29. The fraction of sp³-hybridized carbons (Fsp3) is 0.619. The van der Waals surface area contributed by atoms with Gasteiger partial charge in [-0.2, -0.15) is 0 Å². The number of hydrogen-bond donors (Lipinski definition) is 5. The third kappa shape index (κ3) is 9.75. The molecule has 0 fully saturated rings. The molecular formula is C21H33N3O7. The van der Waals surface area contributed by atoms with E-state index in [0.29, 0.717) is 30.4 Å². The number of unbranched alkanes of at least 4 members (excludes halogenated alkanes) is 1. The first-order valence-corrected chi connectivity index (χ1v) is 10.3. The van der Waals surface area contributed by atoms with E-state index in [0.717, 1.165) is 0 Å². The van der Waals surface area contributed by atoms with Gasteiger partial charge < -0.3 is 30.9 Å². The highest BCUT2D eigenvalue weighted by molar-refractivity contribution is 5.91. The van der Waals surface area contributed by atoms with E-state index >= 15 is 0 Å². The second kappa shape index (κ2) is 13.6. The second-order valence-electron chi connectivity index (χ2n) is 7.48. The normalized spacial score (nSPS) is 17.5. The molecule has 0 aromatic rings. The minimum absolute atomic E-state index is 0.171. The molecule has 0 aromatic carbocycles. The fourth-order valence-electron chi connectivity index (χ4n) is 3.02. The first kappa shape index (κ1) is 26.3. The zero-order chi connectivity index (χ0) is 23.4. The largest absolute Gasteiger partial charge is 0.469 e. The number of carbonyl (C=O) groups excluding carboxylic acids is 4. The molecule has 0 bridgehead atoms. The molecule has 2 unspecified atom stereocenters. The maximum atomic E-state index is 12.4. The molecular weight excluding hydrogens is 406 g/mol. The average molecular weight is 440 g/mol. The van der Waals surface area contributed by atoms with E-state index in [1.54, 1.807) is 12.2 Å². The number of ether oxygens (including phenoxy) is 1. The lowest BCUT2D eigenvalue weighted by Gasteiger charge is -2.24. The van der Waals surface area contributed by atoms with Gasteiger partial charge in [-0.1, -0.05) is 12.2 Å². The molecule has 10 nitrogen and oxygen atoms in total. The maximum Gasteiger partial charge on any atom is 0.305 e. The summed E-state index contributed by atoms with van der Waals surface area (Å²) in [4.78, 5) is 47.7. The molecule has 0 heterocycles. The monoisotopic (exact) mass is 439 g/mol. The summed E-state index contributed by atoms with van der Waals surface area (Å²) in [5.74, 6) is -1.58. The Morgan fingerprint density at radius 1 is 1.03 bits per heavy atom. The Hall–Kier alpha value is -2.72. The van der Waals surface area contributed by atoms with Gasteiger partial charge >= 0.3 is 5.97 Å². The molecule has 1 aliphatic rings. The summed E-state index contributed by atoms with van der Waals surface area (Å²) in [6, 6.07) is -2.08. The lowest BCUT2D eigenvalue weighted by atomic mass is 9.96. The Morgan fingerprint density at radius 3 is 2.29 bits per heavy atom. The molecule has 0 spiro atoms. The lowest BCUT2D eigenvalue weighted by molar-refractivity contribution is -0.140. The molecule has 3 atom stereocenters. The van der Waals surface area contributed by atoms with Gasteiger partial charge in [0.1, 0.15) is 12.1 Å². The zero-order valence-electron chi connectivity index (χ0n) is 18.3. The van der Waals surface area contributed by atoms with Crippen LogP contribution in [0.4, 0.5) is 0 Å². The van der Waals surface area contributed by atoms with Gasteiger partial charge in [0.25, 0.3) is 0 Å². The molecule has 31 heavy (non-hydrogen) atoms. The van der Waals surface area contributed by atoms with Crippen molar-refractivity contribution in [3.63, 3.8) is 0 Å². The van der Waals surface area contributed by atoms with Crippen LogP contribution in [0.1, 0.15) is 46.0 Å². The van der Waals surface area contributed by atoms with Crippen LogP contribution in [0.2, 0.25) is 0 Å². The minimum atomic E-state index is -0.846. The van der Waals surface area contributed by atoms with Gasteiger partial charge in [0, 0.05) is 12.8 Å². The number of hydrogen-bond acceptors (Lipinski definition) is 7. The van der Waals surface area contributed by atoms with Crippen LogP contribution in [-0.4, -0.2) is 72.4 Å². The van der Waals surface area contributed by atoms with Crippen molar-refractivity contribution in [2.75, 3.05) is 20.3 Å². The fourth-order valence-corrected chi connectivity index (χ4v) is 3.02. The summed E-state index contributed by atoms with van der Waals surface area (Å²) >= 11 is 0. The van der Waals surface area contributed by atoms with Gasteiger partial charge in [0.05, 0.1) is 26.4 Å². The molecule has 174 valence electrons. The van der Waals surface area contributed by atoms with Crippen LogP contribution in [0.5, 0.6) is 0 Å². The van der Waals surface area contributed by atoms with Crippen LogP contribution in [-0.2, 0) is 23.9 Å². The average Bonchev–Trinajstić information content (AvgIpc) is 2.75. The van der Waals surface area contributed by atoms with Crippen LogP contribution in [0.15, 0.2) is 23.3 Å². The number of amides is 3. The predicted molar refractivity (Wildman–Crippen MR) is 113 cm³/mol. The Kier molecular flexibility index (Phi) is 11.5. The van der Waals surface area contributed by atoms with Gasteiger partial charge in [-0.25, -0.2) is 0 Å². The van der Waals surface area contributed by atoms with Gasteiger partial charge in [0.15, 0.2) is 0 Å². The van der Waals surface area contributed by atoms with E-state index < -0.39 is 29.9 Å². The Balaban J connectivity index is 2.42. The van der Waals surface area contributed by atoms with Crippen molar-refractivity contribution in [2.45, 2.75) is 64.1 Å². The molecule has 0 saturated heterocycles. The van der Waals surface area contributed by atoms with Crippen molar-refractivity contribution in [2.24, 2.45) is 0 Å². The number of carbonyl (C=O) groups is 4. The van der Waals surface area contributed by atoms with Gasteiger partial charge in [-0.15, -0.1) is 0 Å². The van der Waals surface area contributed by atoms with Crippen molar-refractivity contribution in [3.8, 4) is 0 Å². The lowest BCUT2D eigenvalue weighted by Crippen LogP contribution is -2.53. The number of rotatable bonds is 12. The molecule has 1 aliphatic carbocycles. The highest BCUT2D eigenvalue weighted by atomic mass is 16.5. The van der Waals surface area contributed by atoms with Gasteiger partial charge in [-0.3, -0.25) is 19.2 Å². The standard InChI is InChI=1S/C21H33N3O7/c1-13(22-18(27)6-4-5-7-19(28)31-3)20(29)23-14(2)21(30)24-17-9-15(11-25)8-16(10-17)12-26/h8-9,13-14,17,25-26H,4-7,10-12H2,1-3H3,(H,22,27)(H,23,29)(H,24,30)/t13-,14?,17?/m0/s1. The topological polar surface area (TPSA) is 154 Å². The van der Waals surface area contributed by atoms with E-state index in [4.69, 9.17) is 0 Å². The van der Waals surface area contributed by atoms with Crippen molar-refractivity contribution in [1.29, 1.82) is 0 Å². The molecule has 0 aliphatic heterocycles. The van der Waals surface area contributed by atoms with Crippen molar-refractivity contribution in [3.05, 3.63) is 23.3 Å². The smallest absolute Gasteiger partial charge is 0.305 e. The molecule has 5 N–H and O–H groups in total. The van der Waals surface area contributed by atoms with Gasteiger partial charge in [0.2, 0.25) is 17.7 Å². The van der Waals surface area contributed by atoms with Crippen LogP contribution in [0.3, 0.4) is 0 Å². The van der Waals surface area contributed by atoms with E-state index in [1.165, 1.54) is 21.0 Å². The zero-order valence-corrected chi connectivity index (χ0v) is 18.3. The molecule has 0 aromatic heterocycles. The minimum Gasteiger partial charge on any atom is -0.469 e. The molecule has 3 amide bonds. The SMILES string of the molecule is COC(=O)CCCCC(=O)N[C@@H](C)C(=O)NC(C)C(=O)NC1C=C(CO)C=C(CO)C1. The number of aliphatic hydroxyl groups is 2. The highest BCUT2D eigenvalue weighted by Crippen LogP contribution is 2.17. The molecule has 10 heteroatoms. The summed E-state index contributed by atoms with van der Waals surface area (Å²) < 4.78 is 4.53. The van der Waals surface area contributed by atoms with Crippen LogP contribution in [0, 0.1) is 0 Å². The van der Waals surface area contributed by atoms with Crippen molar-refractivity contribution < 1.29 is 34.1 Å². The van der Waals surface area contributed by atoms with E-state index in [9.17, 15) is 29.4 Å². The Labute approximate surface area is 182 Å². The van der Waals surface area contributed by atoms with E-state index in [1.807, 2.05) is 0 Å². The Bertz CT molecular complexity index is 718. The van der Waals surface area contributed by atoms with Crippen LogP contribution >= 0.6 is 0 Å². The second-order valence-corrected chi connectivity index (χ2v) is 7.48. The predicted octanol–water partition coefficient (Wildman–Crippen LogP) is -0.545. The third-order valence-corrected chi connectivity index (χ3v) is 4.79. The molecule has 0 radical (unpaired) electrons. The molecule has 1 rings (SSSR count). The van der Waals surface area contributed by atoms with E-state index in [2.05, 4.69) is 20.7 Å². The highest BCUT2D eigenvalue weighted by Gasteiger charge is 2.23. The van der Waals surface area contributed by atoms with Crippen molar-refractivity contribution >= 4 is 23.7 Å². The number of esters is 1. The first-order chi connectivity index (χ1) is 14.7. The van der Waals surface area contributed by atoms with E-state index in [-0.39, 0.29) is 37.9 Å². The van der Waals surface area contributed by atoms with Crippen LogP contribution < -0.4 is 16.0 Å². The first-order valence-electron chi connectivity index (χ1n) is 10.3. The summed E-state index contributed by atoms with van der Waals surface area (Å²) in [6.45, 7) is 2.66. The third-order valence-electron chi connectivity index (χ3n) is 4.79. The van der Waals surface area contributed by atoms with Crippen molar-refractivity contribution in [1.82, 2.24) is 16.0 Å². The number of nitrogens with one attached hydrogen (secondary N) is 3. The molecule has 0 saturated carbocycles.